The molecule has 2 heteroatoms. The van der Waals surface area contributed by atoms with Crippen molar-refractivity contribution in [3.63, 3.8) is 0 Å². The maximum atomic E-state index is 10.8. The van der Waals surface area contributed by atoms with Crippen LogP contribution in [0, 0.1) is 6.92 Å². The van der Waals surface area contributed by atoms with Crippen LogP contribution in [-0.2, 0) is 0 Å². The topological polar surface area (TPSA) is 40.5 Å². The molecule has 0 aliphatic heterocycles. The highest BCUT2D eigenvalue weighted by Crippen LogP contribution is 2.54. The predicted molar refractivity (Wildman–Crippen MR) is 83.8 cm³/mol. The molecule has 0 fully saturated rings. The van der Waals surface area contributed by atoms with Crippen LogP contribution in [-0.4, -0.2) is 10.2 Å². The second-order valence-electron chi connectivity index (χ2n) is 6.16. The van der Waals surface area contributed by atoms with E-state index in [1.807, 2.05) is 31.2 Å². The fourth-order valence-corrected chi connectivity index (χ4v) is 3.71. The van der Waals surface area contributed by atoms with Gasteiger partial charge in [0.2, 0.25) is 0 Å². The van der Waals surface area contributed by atoms with Crippen molar-refractivity contribution in [1.82, 2.24) is 0 Å². The maximum Gasteiger partial charge on any atom is 0.127 e. The minimum Gasteiger partial charge on any atom is -0.508 e. The van der Waals surface area contributed by atoms with Crippen molar-refractivity contribution in [2.75, 3.05) is 0 Å². The Labute approximate surface area is 124 Å². The summed E-state index contributed by atoms with van der Waals surface area (Å²) in [4.78, 5) is 0. The number of benzene rings is 2. The van der Waals surface area contributed by atoms with E-state index in [1.54, 1.807) is 6.07 Å². The molecule has 2 bridgehead atoms. The smallest absolute Gasteiger partial charge is 0.127 e. The summed E-state index contributed by atoms with van der Waals surface area (Å²) < 4.78 is 0. The van der Waals surface area contributed by atoms with Gasteiger partial charge >= 0.3 is 0 Å². The molecule has 3 aliphatic rings. The Hall–Kier alpha value is -2.22. The Kier molecular flexibility index (Phi) is 2.61. The highest BCUT2D eigenvalue weighted by Gasteiger charge is 2.34. The van der Waals surface area contributed by atoms with Gasteiger partial charge in [-0.15, -0.1) is 0 Å². The molecule has 106 valence electrons. The lowest BCUT2D eigenvalue weighted by atomic mass is 9.70. The normalized spacial score (nSPS) is 22.3. The number of phenols is 2. The summed E-state index contributed by atoms with van der Waals surface area (Å²) in [6.45, 7) is 2.04. The number of hydrogen-bond donors (Lipinski definition) is 2. The van der Waals surface area contributed by atoms with Crippen LogP contribution >= 0.6 is 0 Å². The van der Waals surface area contributed by atoms with Gasteiger partial charge in [-0.2, -0.15) is 0 Å². The third kappa shape index (κ3) is 1.79. The van der Waals surface area contributed by atoms with E-state index < -0.39 is 0 Å². The lowest BCUT2D eigenvalue weighted by Gasteiger charge is -2.35. The zero-order chi connectivity index (χ0) is 14.6. The molecular formula is C19H18O2. The molecule has 0 saturated heterocycles. The maximum absolute atomic E-state index is 10.8. The molecule has 21 heavy (non-hydrogen) atoms. The van der Waals surface area contributed by atoms with Crippen LogP contribution in [0.3, 0.4) is 0 Å². The van der Waals surface area contributed by atoms with Crippen molar-refractivity contribution in [1.29, 1.82) is 0 Å². The molecule has 0 heterocycles. The second kappa shape index (κ2) is 4.39. The molecule has 2 aromatic rings. The van der Waals surface area contributed by atoms with Gasteiger partial charge in [-0.3, -0.25) is 0 Å². The van der Waals surface area contributed by atoms with E-state index in [-0.39, 0.29) is 11.8 Å². The Morgan fingerprint density at radius 3 is 2.14 bits per heavy atom. The zero-order valence-electron chi connectivity index (χ0n) is 12.0. The fourth-order valence-electron chi connectivity index (χ4n) is 3.71. The summed E-state index contributed by atoms with van der Waals surface area (Å²) >= 11 is 0. The lowest BCUT2D eigenvalue weighted by Crippen LogP contribution is -2.17. The molecule has 2 N–H and O–H groups in total. The van der Waals surface area contributed by atoms with Crippen molar-refractivity contribution in [3.05, 3.63) is 59.2 Å². The van der Waals surface area contributed by atoms with Crippen LogP contribution in [0.25, 0.3) is 11.1 Å². The van der Waals surface area contributed by atoms with E-state index in [2.05, 4.69) is 12.2 Å². The van der Waals surface area contributed by atoms with Crippen LogP contribution in [0.1, 0.15) is 41.4 Å². The van der Waals surface area contributed by atoms with Crippen molar-refractivity contribution < 1.29 is 10.2 Å². The average molecular weight is 278 g/mol. The molecule has 5 rings (SSSR count). The minimum atomic E-state index is 0.237. The van der Waals surface area contributed by atoms with E-state index >= 15 is 0 Å². The van der Waals surface area contributed by atoms with E-state index in [1.165, 1.54) is 5.56 Å². The molecule has 0 radical (unpaired) electrons. The second-order valence-corrected chi connectivity index (χ2v) is 6.16. The Bertz CT molecular complexity index is 741. The highest BCUT2D eigenvalue weighted by molar-refractivity contribution is 5.77. The number of hydrogen-bond acceptors (Lipinski definition) is 2. The van der Waals surface area contributed by atoms with E-state index in [0.29, 0.717) is 11.5 Å². The molecule has 0 saturated carbocycles. The van der Waals surface area contributed by atoms with Crippen molar-refractivity contribution >= 4 is 0 Å². The number of allylic oxidation sites excluding steroid dienone is 2. The van der Waals surface area contributed by atoms with Crippen LogP contribution in [0.4, 0.5) is 0 Å². The van der Waals surface area contributed by atoms with Crippen molar-refractivity contribution in [3.8, 4) is 22.6 Å². The number of aromatic hydroxyl groups is 2. The van der Waals surface area contributed by atoms with E-state index in [4.69, 9.17) is 0 Å². The van der Waals surface area contributed by atoms with Gasteiger partial charge in [-0.25, -0.2) is 0 Å². The van der Waals surface area contributed by atoms with Gasteiger partial charge in [0.15, 0.2) is 0 Å². The highest BCUT2D eigenvalue weighted by atomic mass is 16.3. The summed E-state index contributed by atoms with van der Waals surface area (Å²) in [6.07, 6.45) is 6.46. The van der Waals surface area contributed by atoms with Gasteiger partial charge in [0.05, 0.1) is 0 Å². The number of aryl methyl sites for hydroxylation is 1. The molecule has 3 aliphatic carbocycles. The van der Waals surface area contributed by atoms with Crippen molar-refractivity contribution in [2.24, 2.45) is 0 Å². The van der Waals surface area contributed by atoms with Gasteiger partial charge in [-0.05, 0) is 31.4 Å². The quantitative estimate of drug-likeness (QED) is 0.591. The van der Waals surface area contributed by atoms with Crippen molar-refractivity contribution in [2.45, 2.75) is 31.6 Å². The van der Waals surface area contributed by atoms with Crippen LogP contribution < -0.4 is 0 Å². The van der Waals surface area contributed by atoms with Gasteiger partial charge < -0.3 is 10.2 Å². The molecule has 0 amide bonds. The van der Waals surface area contributed by atoms with Gasteiger partial charge in [-0.1, -0.05) is 42.0 Å². The summed E-state index contributed by atoms with van der Waals surface area (Å²) in [5.41, 5.74) is 4.72. The first kappa shape index (κ1) is 12.5. The number of fused-ring (bicyclic) bond motifs is 1. The molecule has 2 atom stereocenters. The summed E-state index contributed by atoms with van der Waals surface area (Å²) in [5, 5.41) is 21.2. The molecule has 0 aromatic heterocycles. The van der Waals surface area contributed by atoms with Crippen LogP contribution in [0.5, 0.6) is 11.5 Å². The van der Waals surface area contributed by atoms with Crippen LogP contribution in [0.2, 0.25) is 0 Å². The summed E-state index contributed by atoms with van der Waals surface area (Å²) in [7, 11) is 0. The Morgan fingerprint density at radius 1 is 0.905 bits per heavy atom. The third-order valence-electron chi connectivity index (χ3n) is 4.83. The molecule has 0 unspecified atom stereocenters. The molecule has 2 nitrogen and oxygen atoms in total. The first-order chi connectivity index (χ1) is 10.1. The zero-order valence-corrected chi connectivity index (χ0v) is 12.0. The first-order valence-electron chi connectivity index (χ1n) is 7.49. The lowest BCUT2D eigenvalue weighted by molar-refractivity contribution is 0.423. The monoisotopic (exact) mass is 278 g/mol. The van der Waals surface area contributed by atoms with E-state index in [9.17, 15) is 10.2 Å². The molecule has 0 spiro atoms. The number of rotatable bonds is 1. The van der Waals surface area contributed by atoms with Gasteiger partial charge in [0.1, 0.15) is 11.5 Å². The SMILES string of the molecule is Cc1ccc(-c2cc(O)c3c(c2O)[C@@H]2C=C[C@@H]3CC2)cc1. The summed E-state index contributed by atoms with van der Waals surface area (Å²) in [6, 6.07) is 9.75. The predicted octanol–water partition coefficient (Wildman–Crippen LogP) is 4.60. The standard InChI is InChI=1S/C19H18O2/c1-11-2-4-12(5-3-11)15-10-16(20)17-13-6-8-14(9-7-13)18(17)19(15)21/h2-6,8,10,13-14,20-21H,7,9H2,1H3/t13-,14-/m1/s1. The van der Waals surface area contributed by atoms with Gasteiger partial charge in [0, 0.05) is 28.5 Å². The van der Waals surface area contributed by atoms with E-state index in [0.717, 1.165) is 35.1 Å². The van der Waals surface area contributed by atoms with Gasteiger partial charge in [0.25, 0.3) is 0 Å². The molecular weight excluding hydrogens is 260 g/mol. The molecule has 2 aromatic carbocycles. The number of phenolic OH excluding ortho intramolecular Hbond substituents is 2. The van der Waals surface area contributed by atoms with Crippen LogP contribution in [0.15, 0.2) is 42.5 Å². The largest absolute Gasteiger partial charge is 0.508 e. The average Bonchev–Trinajstić information content (AvgIpc) is 2.52. The Balaban J connectivity index is 1.94. The first-order valence-corrected chi connectivity index (χ1v) is 7.49. The Morgan fingerprint density at radius 2 is 1.52 bits per heavy atom. The summed E-state index contributed by atoms with van der Waals surface area (Å²) in [5.74, 6) is 1.15. The fraction of sp³-hybridized carbons (Fsp3) is 0.263. The third-order valence-corrected chi connectivity index (χ3v) is 4.83. The minimum absolute atomic E-state index is 0.237.